The molecule has 25 rings (SSSR count). The number of hydrogen-bond acceptors (Lipinski definition) is 40. The van der Waals surface area contributed by atoms with Gasteiger partial charge in [-0.1, -0.05) is 0 Å². The lowest BCUT2D eigenvalue weighted by atomic mass is 9.99. The minimum Gasteiger partial charge on any atom is -0.396 e. The van der Waals surface area contributed by atoms with Crippen LogP contribution in [0, 0.1) is 46.5 Å². The maximum absolute atomic E-state index is 9.65. The molecule has 5 aliphatic heterocycles. The lowest BCUT2D eigenvalue weighted by Crippen LogP contribution is -2.43. The lowest BCUT2D eigenvalue weighted by molar-refractivity contribution is 0.208. The van der Waals surface area contributed by atoms with Crippen LogP contribution in [0.1, 0.15) is 79.8 Å². The quantitative estimate of drug-likeness (QED) is 0.0301. The van der Waals surface area contributed by atoms with E-state index < -0.39 is 0 Å². The molecule has 0 radical (unpaired) electrons. The highest BCUT2D eigenvalue weighted by atomic mass is 32.1. The third-order valence-corrected chi connectivity index (χ3v) is 29.9. The molecule has 25 heterocycles. The third kappa shape index (κ3) is 21.4. The fourth-order valence-electron chi connectivity index (χ4n) is 18.5. The van der Waals surface area contributed by atoms with Crippen molar-refractivity contribution in [3.63, 3.8) is 0 Å². The monoisotopic (exact) mass is 2050 g/mol. The van der Waals surface area contributed by atoms with Crippen molar-refractivity contribution in [1.29, 1.82) is 0 Å². The lowest BCUT2D eigenvalue weighted by Gasteiger charge is -2.33. The molecule has 0 saturated carbocycles. The van der Waals surface area contributed by atoms with Crippen LogP contribution in [0.25, 0.3) is 83.9 Å². The summed E-state index contributed by atoms with van der Waals surface area (Å²) in [5.74, 6) is 9.28. The molecule has 0 aliphatic carbocycles. The summed E-state index contributed by atoms with van der Waals surface area (Å²) in [6.45, 7) is 19.0. The number of rotatable bonds is 22. The highest BCUT2D eigenvalue weighted by molar-refractivity contribution is 7.11. The number of nitrogens with two attached hydrogens (primary N) is 3. The molecule has 0 amide bonds. The molecule has 20 aromatic heterocycles. The molecule has 0 aromatic carbocycles. The van der Waals surface area contributed by atoms with Gasteiger partial charge in [-0.2, -0.15) is 95.4 Å². The second kappa shape index (κ2) is 41.8. The first kappa shape index (κ1) is 96.2. The summed E-state index contributed by atoms with van der Waals surface area (Å²) in [5, 5.41) is 85.7. The average molecular weight is 2050 g/mol. The van der Waals surface area contributed by atoms with Gasteiger partial charge in [0.25, 0.3) is 0 Å². The maximum Gasteiger partial charge on any atom is 0.167 e. The predicted octanol–water partition coefficient (Wildman–Crippen LogP) is 12.6. The molecule has 5 saturated heterocycles. The van der Waals surface area contributed by atoms with Crippen LogP contribution >= 0.6 is 57.7 Å². The van der Waals surface area contributed by atoms with Gasteiger partial charge < -0.3 is 78.5 Å². The molecule has 750 valence electrons. The third-order valence-electron chi connectivity index (χ3n) is 25.9. The van der Waals surface area contributed by atoms with Gasteiger partial charge in [-0.25, -0.2) is 24.9 Å². The summed E-state index contributed by atoms with van der Waals surface area (Å²) in [5.41, 5.74) is 36.9. The van der Waals surface area contributed by atoms with E-state index in [2.05, 4.69) is 130 Å². The SMILES string of the molecule is Cc1cc(Nc2cc(N3CCC(N)CC3)nc3c(-c4cnn(C)c4)cnn23)sn1.Cc1cc(Nc2cc(N3CCCC(CO)C3)nc3c(-c4cnn(C)c4)cnn23)sn1.Cc1cc(Nc2cc(N3CCC[C@@H](N)C3)nc3c(-c4cnn(C)c4)cnn23)sn1.Cc1cc(Nc2cc(N3CC[C@@H](CO)C3)nc3c(-c4cnn(C)c4)cnn23)sn1.Cc1cc(Nc2cc(N3CC[C@@H](N)C3)nc3c(-c4cnn(C)c4)cnn23)sn1. The van der Waals surface area contributed by atoms with Crippen LogP contribution in [0.4, 0.5) is 83.2 Å². The van der Waals surface area contributed by atoms with Gasteiger partial charge in [-0.3, -0.25) is 23.4 Å². The molecule has 45 nitrogen and oxygen atoms in total. The zero-order chi connectivity index (χ0) is 99.8. The van der Waals surface area contributed by atoms with Crippen LogP contribution in [-0.2, 0) is 35.2 Å². The zero-order valence-corrected chi connectivity index (χ0v) is 85.9. The Morgan fingerprint density at radius 2 is 0.524 bits per heavy atom. The molecule has 20 aromatic rings. The fourth-order valence-corrected chi connectivity index (χ4v) is 21.9. The van der Waals surface area contributed by atoms with E-state index in [1.165, 1.54) is 57.7 Å². The first-order valence-electron chi connectivity index (χ1n) is 48.0. The van der Waals surface area contributed by atoms with Crippen molar-refractivity contribution in [3.05, 3.63) is 182 Å². The molecule has 1 unspecified atom stereocenters. The summed E-state index contributed by atoms with van der Waals surface area (Å²) in [7, 11) is 9.51. The molecule has 0 spiro atoms. The van der Waals surface area contributed by atoms with Crippen molar-refractivity contribution < 1.29 is 10.2 Å². The largest absolute Gasteiger partial charge is 0.396 e. The molecule has 0 bridgehead atoms. The van der Waals surface area contributed by atoms with E-state index in [-0.39, 0.29) is 43.2 Å². The Bertz CT molecular complexity index is 7750. The van der Waals surface area contributed by atoms with Gasteiger partial charge in [0.1, 0.15) is 83.2 Å². The van der Waals surface area contributed by atoms with Crippen LogP contribution in [0.3, 0.4) is 0 Å². The number of aliphatic hydroxyl groups excluding tert-OH is 2. The van der Waals surface area contributed by atoms with Crippen molar-refractivity contribution in [2.45, 2.75) is 104 Å². The van der Waals surface area contributed by atoms with Crippen LogP contribution < -0.4 is 68.3 Å². The molecule has 5 aliphatic rings. The van der Waals surface area contributed by atoms with Gasteiger partial charge in [0, 0.05) is 255 Å². The molecular weight excluding hydrogens is 1940 g/mol. The Hall–Kier alpha value is -14.9. The Morgan fingerprint density at radius 1 is 0.283 bits per heavy atom. The fraction of sp³-hybridized carbons (Fsp3) is 0.368. The first-order valence-corrected chi connectivity index (χ1v) is 51.9. The Kier molecular flexibility index (Phi) is 27.8. The minimum absolute atomic E-state index is 0.171. The van der Waals surface area contributed by atoms with Crippen molar-refractivity contribution in [1.82, 2.24) is 144 Å². The molecular formula is C95H113N43O2S5. The van der Waals surface area contributed by atoms with Crippen LogP contribution in [-0.4, -0.2) is 251 Å². The van der Waals surface area contributed by atoms with Gasteiger partial charge in [0.05, 0.1) is 90.4 Å². The zero-order valence-electron chi connectivity index (χ0n) is 81.8. The van der Waals surface area contributed by atoms with Crippen LogP contribution in [0.15, 0.2) is 154 Å². The van der Waals surface area contributed by atoms with Crippen molar-refractivity contribution in [2.24, 2.45) is 64.3 Å². The molecule has 145 heavy (non-hydrogen) atoms. The van der Waals surface area contributed by atoms with Gasteiger partial charge >= 0.3 is 0 Å². The number of nitrogens with one attached hydrogen (secondary N) is 5. The maximum atomic E-state index is 9.65. The summed E-state index contributed by atoms with van der Waals surface area (Å²) in [6, 6.07) is 20.9. The summed E-state index contributed by atoms with van der Waals surface area (Å²) in [6.07, 6.45) is 36.3. The number of piperidine rings is 3. The number of aliphatic hydroxyl groups is 2. The van der Waals surface area contributed by atoms with Crippen molar-refractivity contribution >= 4 is 169 Å². The highest BCUT2D eigenvalue weighted by Gasteiger charge is 2.31. The van der Waals surface area contributed by atoms with Crippen LogP contribution in [0.2, 0.25) is 0 Å². The van der Waals surface area contributed by atoms with Crippen LogP contribution in [0.5, 0.6) is 0 Å². The number of aromatic nitrogens is 30. The average Bonchev–Trinajstić information content (AvgIpc) is 1.64. The van der Waals surface area contributed by atoms with Gasteiger partial charge in [-0.05, 0) is 180 Å². The van der Waals surface area contributed by atoms with E-state index in [0.29, 0.717) is 0 Å². The number of aryl methyl sites for hydroxylation is 10. The molecule has 50 heteroatoms. The Morgan fingerprint density at radius 3 is 0.779 bits per heavy atom. The Labute approximate surface area is 853 Å². The van der Waals surface area contributed by atoms with E-state index >= 15 is 0 Å². The molecule has 4 atom stereocenters. The molecule has 5 fully saturated rings. The minimum atomic E-state index is 0.171. The van der Waals surface area contributed by atoms with Gasteiger partial charge in [0.15, 0.2) is 28.2 Å². The van der Waals surface area contributed by atoms with Crippen molar-refractivity contribution in [3.8, 4) is 55.6 Å². The highest BCUT2D eigenvalue weighted by Crippen LogP contribution is 2.40. The number of hydrogen-bond donors (Lipinski definition) is 10. The normalized spacial score (nSPS) is 16.7. The van der Waals surface area contributed by atoms with E-state index in [0.717, 1.165) is 312 Å². The second-order valence-electron chi connectivity index (χ2n) is 37.4. The van der Waals surface area contributed by atoms with E-state index in [1.54, 1.807) is 23.4 Å². The first-order chi connectivity index (χ1) is 70.4. The summed E-state index contributed by atoms with van der Waals surface area (Å²) in [4.78, 5) is 36.1. The number of fused-ring (bicyclic) bond motifs is 5. The second-order valence-corrected chi connectivity index (χ2v) is 41.4. The van der Waals surface area contributed by atoms with E-state index in [1.807, 2.05) is 240 Å². The summed E-state index contributed by atoms with van der Waals surface area (Å²) < 4.78 is 39.9. The molecule has 13 N–H and O–H groups in total. The smallest absolute Gasteiger partial charge is 0.167 e. The topological polar surface area (TPSA) is 499 Å². The predicted molar refractivity (Wildman–Crippen MR) is 570 cm³/mol. The Balaban J connectivity index is 0.000000107. The van der Waals surface area contributed by atoms with Gasteiger partial charge in [-0.15, -0.1) is 0 Å². The van der Waals surface area contributed by atoms with Crippen molar-refractivity contribution in [2.75, 3.05) is 130 Å². The number of anilines is 15. The van der Waals surface area contributed by atoms with Gasteiger partial charge in [0.2, 0.25) is 0 Å². The standard InChI is InChI=1S/C20H24N8OS.2C19H23N9S.C19H22N8OS.C18H21N9S/c1-13-6-19(30-25-13)23-18-7-17(27-5-3-4-14(10-27)12-29)24-20-16(9-22-28(18)20)15-8-21-26(2)11-15;1-12-7-18(29-25-12)23-17-8-16(27-5-3-14(20)4-6-27)24-19-15(10-22-28(17)19)13-9-21-26(2)11-13;1-12-6-18(29-25-12)23-17-7-16(27-5-3-4-14(20)11-27)24-19-15(9-22-28(17)19)13-8-21-26(2)10-13;1-12-5-18(29-24-12)22-17-6-16(26-4-3-13(9-26)11-28)23-19-15(8-21-27(17)19)14-7-20-25(2)10-14;1-11-5-17(28-24-11)22-16-6-15(26-4-3-13(19)10-26)23-18-14(8-21-27(16)18)12-7-20-25(2)9-12/h6-9,11,14,23,29H,3-5,10,12H2,1-2H3;7-11,14,23H,3-6,20H2,1-2H3;6-10,14,23H,3-5,11,20H2,1-2H3;5-8,10,13,22,28H,3-4,9,11H2,1-2H3;5-9,13,22H,3-4,10,19H2,1-2H3/t;;14-;2*13-/m..111/s1. The van der Waals surface area contributed by atoms with E-state index in [9.17, 15) is 10.2 Å². The summed E-state index contributed by atoms with van der Waals surface area (Å²) >= 11 is 7.14. The van der Waals surface area contributed by atoms with E-state index in [4.69, 9.17) is 42.1 Å². The number of nitrogens with zero attached hydrogens (tertiary/aromatic N) is 35.